The number of carbonyl (C=O) groups is 1. The third kappa shape index (κ3) is 1.44. The molecule has 0 radical (unpaired) electrons. The van der Waals surface area contributed by atoms with Crippen molar-refractivity contribution < 1.29 is 4.79 Å². The molecular formula is C11H14N4O. The molecule has 1 amide bonds. The third-order valence-corrected chi connectivity index (χ3v) is 2.58. The Kier molecular flexibility index (Phi) is 2.38. The molecule has 2 rings (SSSR count). The topological polar surface area (TPSA) is 59.8 Å². The third-order valence-electron chi connectivity index (χ3n) is 2.58. The summed E-state index contributed by atoms with van der Waals surface area (Å²) in [5.41, 5.74) is 2.94. The number of carbonyl (C=O) groups excluding carboxylic acids is 1. The van der Waals surface area contributed by atoms with Gasteiger partial charge in [-0.25, -0.2) is 4.98 Å². The highest BCUT2D eigenvalue weighted by Gasteiger charge is 2.16. The van der Waals surface area contributed by atoms with Crippen molar-refractivity contribution in [1.82, 2.24) is 20.1 Å². The highest BCUT2D eigenvalue weighted by atomic mass is 16.1. The van der Waals surface area contributed by atoms with Crippen molar-refractivity contribution in [2.24, 2.45) is 7.05 Å². The van der Waals surface area contributed by atoms with Crippen LogP contribution < -0.4 is 5.32 Å². The smallest absolute Gasteiger partial charge is 0.271 e. The van der Waals surface area contributed by atoms with E-state index in [-0.39, 0.29) is 5.91 Å². The van der Waals surface area contributed by atoms with Gasteiger partial charge >= 0.3 is 0 Å². The molecule has 16 heavy (non-hydrogen) atoms. The lowest BCUT2D eigenvalue weighted by atomic mass is 10.2. The molecule has 0 unspecified atom stereocenters. The van der Waals surface area contributed by atoms with Crippen LogP contribution in [0, 0.1) is 13.8 Å². The molecule has 1 N–H and O–H groups in total. The Morgan fingerprint density at radius 2 is 2.12 bits per heavy atom. The number of hydrogen-bond acceptors (Lipinski definition) is 3. The van der Waals surface area contributed by atoms with E-state index in [1.54, 1.807) is 11.7 Å². The van der Waals surface area contributed by atoms with Crippen LogP contribution in [0.25, 0.3) is 10.9 Å². The van der Waals surface area contributed by atoms with E-state index in [0.29, 0.717) is 5.69 Å². The van der Waals surface area contributed by atoms with E-state index in [9.17, 15) is 4.79 Å². The molecule has 5 nitrogen and oxygen atoms in total. The van der Waals surface area contributed by atoms with Crippen LogP contribution in [0.3, 0.4) is 0 Å². The van der Waals surface area contributed by atoms with Gasteiger partial charge in [-0.2, -0.15) is 5.10 Å². The zero-order chi connectivity index (χ0) is 11.9. The van der Waals surface area contributed by atoms with Crippen molar-refractivity contribution in [3.8, 4) is 0 Å². The molecule has 0 bridgehead atoms. The zero-order valence-electron chi connectivity index (χ0n) is 9.83. The maximum Gasteiger partial charge on any atom is 0.271 e. The van der Waals surface area contributed by atoms with Gasteiger partial charge in [0.15, 0.2) is 5.69 Å². The van der Waals surface area contributed by atoms with Crippen molar-refractivity contribution in [3.63, 3.8) is 0 Å². The molecule has 5 heteroatoms. The standard InChI is InChI=1S/C11H14N4O/c1-6-5-8-7(2)14-15(4)10(8)9(13-6)11(16)12-3/h5H,1-4H3,(H,12,16). The summed E-state index contributed by atoms with van der Waals surface area (Å²) in [7, 11) is 3.42. The van der Waals surface area contributed by atoms with Crippen LogP contribution in [0.5, 0.6) is 0 Å². The number of pyridine rings is 1. The molecule has 2 aromatic heterocycles. The average Bonchev–Trinajstić information content (AvgIpc) is 2.52. The van der Waals surface area contributed by atoms with Gasteiger partial charge < -0.3 is 5.32 Å². The van der Waals surface area contributed by atoms with Crippen LogP contribution >= 0.6 is 0 Å². The number of amides is 1. The first-order chi connectivity index (χ1) is 7.54. The van der Waals surface area contributed by atoms with E-state index < -0.39 is 0 Å². The number of aryl methyl sites for hydroxylation is 3. The molecule has 2 aromatic rings. The molecule has 0 aliphatic rings. The maximum atomic E-state index is 11.7. The van der Waals surface area contributed by atoms with Crippen molar-refractivity contribution in [2.75, 3.05) is 7.05 Å². The fraction of sp³-hybridized carbons (Fsp3) is 0.364. The van der Waals surface area contributed by atoms with Gasteiger partial charge in [-0.15, -0.1) is 0 Å². The molecule has 84 valence electrons. The van der Waals surface area contributed by atoms with E-state index in [4.69, 9.17) is 0 Å². The predicted octanol–water partition coefficient (Wildman–Crippen LogP) is 0.945. The molecule has 0 aromatic carbocycles. The average molecular weight is 218 g/mol. The first kappa shape index (κ1) is 10.6. The minimum Gasteiger partial charge on any atom is -0.354 e. The summed E-state index contributed by atoms with van der Waals surface area (Å²) >= 11 is 0. The van der Waals surface area contributed by atoms with Crippen LogP contribution in [0.4, 0.5) is 0 Å². The molecule has 0 spiro atoms. The van der Waals surface area contributed by atoms with Crippen LogP contribution in [0.1, 0.15) is 21.9 Å². The second kappa shape index (κ2) is 3.59. The van der Waals surface area contributed by atoms with Crippen molar-refractivity contribution in [2.45, 2.75) is 13.8 Å². The van der Waals surface area contributed by atoms with Gasteiger partial charge in [0, 0.05) is 25.2 Å². The van der Waals surface area contributed by atoms with E-state index >= 15 is 0 Å². The van der Waals surface area contributed by atoms with Gasteiger partial charge in [-0.05, 0) is 19.9 Å². The Labute approximate surface area is 93.5 Å². The summed E-state index contributed by atoms with van der Waals surface area (Å²) in [6, 6.07) is 1.95. The fourth-order valence-electron chi connectivity index (χ4n) is 1.88. The van der Waals surface area contributed by atoms with Crippen LogP contribution in [-0.4, -0.2) is 27.7 Å². The minimum absolute atomic E-state index is 0.184. The van der Waals surface area contributed by atoms with Crippen molar-refractivity contribution in [3.05, 3.63) is 23.1 Å². The minimum atomic E-state index is -0.184. The number of rotatable bonds is 1. The van der Waals surface area contributed by atoms with Crippen molar-refractivity contribution in [1.29, 1.82) is 0 Å². The lowest BCUT2D eigenvalue weighted by Crippen LogP contribution is -2.20. The number of aromatic nitrogens is 3. The zero-order valence-corrected chi connectivity index (χ0v) is 9.83. The Morgan fingerprint density at radius 3 is 2.75 bits per heavy atom. The molecule has 2 heterocycles. The summed E-state index contributed by atoms with van der Waals surface area (Å²) < 4.78 is 1.70. The van der Waals surface area contributed by atoms with Gasteiger partial charge in [0.05, 0.1) is 11.2 Å². The molecule has 0 saturated heterocycles. The van der Waals surface area contributed by atoms with Gasteiger partial charge in [-0.1, -0.05) is 0 Å². The molecule has 0 aliphatic heterocycles. The van der Waals surface area contributed by atoms with E-state index in [1.165, 1.54) is 0 Å². The van der Waals surface area contributed by atoms with Gasteiger partial charge in [-0.3, -0.25) is 9.48 Å². The largest absolute Gasteiger partial charge is 0.354 e. The van der Waals surface area contributed by atoms with Crippen LogP contribution in [0.2, 0.25) is 0 Å². The Balaban J connectivity index is 2.86. The molecule has 0 saturated carbocycles. The highest BCUT2D eigenvalue weighted by molar-refractivity contribution is 6.04. The first-order valence-corrected chi connectivity index (χ1v) is 5.07. The quantitative estimate of drug-likeness (QED) is 0.775. The molecule has 0 fully saturated rings. The Morgan fingerprint density at radius 1 is 1.44 bits per heavy atom. The summed E-state index contributed by atoms with van der Waals surface area (Å²) in [4.78, 5) is 16.0. The Hall–Kier alpha value is -1.91. The van der Waals surface area contributed by atoms with Gasteiger partial charge in [0.25, 0.3) is 5.91 Å². The van der Waals surface area contributed by atoms with E-state index in [0.717, 1.165) is 22.3 Å². The normalized spacial score (nSPS) is 10.8. The van der Waals surface area contributed by atoms with Gasteiger partial charge in [0.1, 0.15) is 0 Å². The summed E-state index contributed by atoms with van der Waals surface area (Å²) in [6.07, 6.45) is 0. The molecular weight excluding hydrogens is 204 g/mol. The molecule has 0 atom stereocenters. The van der Waals surface area contributed by atoms with E-state index in [2.05, 4.69) is 15.4 Å². The van der Waals surface area contributed by atoms with Gasteiger partial charge in [0.2, 0.25) is 0 Å². The van der Waals surface area contributed by atoms with Crippen molar-refractivity contribution >= 4 is 16.8 Å². The predicted molar refractivity (Wildman–Crippen MR) is 61.4 cm³/mol. The lowest BCUT2D eigenvalue weighted by molar-refractivity contribution is 0.0959. The second-order valence-electron chi connectivity index (χ2n) is 3.80. The number of hydrogen-bond donors (Lipinski definition) is 1. The first-order valence-electron chi connectivity index (χ1n) is 5.07. The summed E-state index contributed by atoms with van der Waals surface area (Å²) in [5, 5.41) is 7.88. The monoisotopic (exact) mass is 218 g/mol. The van der Waals surface area contributed by atoms with E-state index in [1.807, 2.05) is 27.0 Å². The number of nitrogens with zero attached hydrogens (tertiary/aromatic N) is 3. The fourth-order valence-corrected chi connectivity index (χ4v) is 1.88. The number of fused-ring (bicyclic) bond motifs is 1. The lowest BCUT2D eigenvalue weighted by Gasteiger charge is -2.04. The summed E-state index contributed by atoms with van der Waals surface area (Å²) in [5.74, 6) is -0.184. The highest BCUT2D eigenvalue weighted by Crippen LogP contribution is 2.21. The Bertz CT molecular complexity index is 571. The van der Waals surface area contributed by atoms with Crippen LogP contribution in [0.15, 0.2) is 6.07 Å². The number of nitrogens with one attached hydrogen (secondary N) is 1. The maximum absolute atomic E-state index is 11.7. The summed E-state index contributed by atoms with van der Waals surface area (Å²) in [6.45, 7) is 3.80. The molecule has 0 aliphatic carbocycles. The second-order valence-corrected chi connectivity index (χ2v) is 3.80. The van der Waals surface area contributed by atoms with Crippen LogP contribution in [-0.2, 0) is 7.05 Å². The SMILES string of the molecule is CNC(=O)c1nc(C)cc2c(C)nn(C)c12.